The van der Waals surface area contributed by atoms with E-state index >= 15 is 0 Å². The first-order valence-electron chi connectivity index (χ1n) is 7.55. The number of hydrogen-bond donors (Lipinski definition) is 0. The van der Waals surface area contributed by atoms with Crippen molar-refractivity contribution in [2.45, 2.75) is 26.9 Å². The molecule has 0 unspecified atom stereocenters. The van der Waals surface area contributed by atoms with Crippen molar-refractivity contribution >= 4 is 22.9 Å². The van der Waals surface area contributed by atoms with Crippen LogP contribution in [-0.4, -0.2) is 16.6 Å². The molecule has 0 fully saturated rings. The van der Waals surface area contributed by atoms with Crippen LogP contribution >= 0.6 is 22.9 Å². The third-order valence-corrected chi connectivity index (χ3v) is 4.92. The first-order chi connectivity index (χ1) is 11.9. The molecule has 1 aromatic carbocycles. The normalized spacial score (nSPS) is 11.1. The van der Waals surface area contributed by atoms with Crippen LogP contribution in [0.25, 0.3) is 11.1 Å². The Morgan fingerprint density at radius 2 is 2.04 bits per heavy atom. The van der Waals surface area contributed by atoms with Crippen LogP contribution in [0, 0.1) is 13.8 Å². The fourth-order valence-electron chi connectivity index (χ4n) is 2.56. The highest BCUT2D eigenvalue weighted by Crippen LogP contribution is 2.32. The topological polar surface area (TPSA) is 35.0 Å². The summed E-state index contributed by atoms with van der Waals surface area (Å²) in [4.78, 5) is 9.63. The van der Waals surface area contributed by atoms with Gasteiger partial charge in [0.15, 0.2) is 0 Å². The van der Waals surface area contributed by atoms with E-state index in [1.54, 1.807) is 41.8 Å². The highest BCUT2D eigenvalue weighted by Gasteiger charge is 2.15. The van der Waals surface area contributed by atoms with Gasteiger partial charge in [0.25, 0.3) is 0 Å². The van der Waals surface area contributed by atoms with Gasteiger partial charge in [-0.3, -0.25) is 0 Å². The molecule has 2 heterocycles. The van der Waals surface area contributed by atoms with E-state index in [0.717, 1.165) is 21.1 Å². The Morgan fingerprint density at radius 1 is 1.24 bits per heavy atom. The summed E-state index contributed by atoms with van der Waals surface area (Å²) in [5.41, 5.74) is 3.02. The monoisotopic (exact) mass is 380 g/mol. The number of alkyl halides is 2. The van der Waals surface area contributed by atoms with E-state index in [-0.39, 0.29) is 5.88 Å². The molecule has 0 aliphatic rings. The number of hydrogen-bond acceptors (Lipinski definition) is 4. The zero-order valence-electron chi connectivity index (χ0n) is 13.6. The molecule has 0 aliphatic heterocycles. The van der Waals surface area contributed by atoms with Crippen LogP contribution in [0.5, 0.6) is 5.88 Å². The van der Waals surface area contributed by atoms with Gasteiger partial charge in [0.1, 0.15) is 0 Å². The molecule has 2 aromatic heterocycles. The molecule has 3 rings (SSSR count). The van der Waals surface area contributed by atoms with Crippen molar-refractivity contribution in [3.63, 3.8) is 0 Å². The molecule has 0 saturated carbocycles. The lowest BCUT2D eigenvalue weighted by Crippen LogP contribution is -2.05. The largest absolute Gasteiger partial charge is 0.416 e. The number of aryl methyl sites for hydroxylation is 2. The maximum absolute atomic E-state index is 12.7. The van der Waals surface area contributed by atoms with Crippen molar-refractivity contribution in [1.82, 2.24) is 9.97 Å². The van der Waals surface area contributed by atoms with E-state index in [9.17, 15) is 8.78 Å². The average molecular weight is 381 g/mol. The summed E-state index contributed by atoms with van der Waals surface area (Å²) in [6.45, 7) is 0.970. The van der Waals surface area contributed by atoms with E-state index < -0.39 is 6.61 Å². The Morgan fingerprint density at radius 3 is 2.68 bits per heavy atom. The number of pyridine rings is 1. The maximum atomic E-state index is 12.7. The number of halogens is 3. The van der Waals surface area contributed by atoms with Crippen LogP contribution in [0.2, 0.25) is 5.02 Å². The minimum absolute atomic E-state index is 0.113. The van der Waals surface area contributed by atoms with E-state index in [4.69, 9.17) is 11.6 Å². The smallest absolute Gasteiger partial charge is 0.388 e. The van der Waals surface area contributed by atoms with Gasteiger partial charge in [0, 0.05) is 28.1 Å². The molecular weight excluding hydrogens is 366 g/mol. The predicted octanol–water partition coefficient (Wildman–Crippen LogP) is 5.67. The second-order valence-electron chi connectivity index (χ2n) is 5.50. The van der Waals surface area contributed by atoms with E-state index in [1.165, 1.54) is 0 Å². The molecule has 3 nitrogen and oxygen atoms in total. The summed E-state index contributed by atoms with van der Waals surface area (Å²) in [5, 5.41) is 1.51. The van der Waals surface area contributed by atoms with Gasteiger partial charge >= 0.3 is 6.61 Å². The van der Waals surface area contributed by atoms with E-state index in [2.05, 4.69) is 14.7 Å². The summed E-state index contributed by atoms with van der Waals surface area (Å²) in [7, 11) is 0. The van der Waals surface area contributed by atoms with Gasteiger partial charge in [-0.2, -0.15) is 8.78 Å². The molecule has 0 N–H and O–H groups in total. The number of aromatic nitrogens is 2. The molecule has 0 spiro atoms. The second kappa shape index (κ2) is 7.45. The van der Waals surface area contributed by atoms with Gasteiger partial charge in [-0.15, -0.1) is 11.3 Å². The van der Waals surface area contributed by atoms with Crippen LogP contribution < -0.4 is 4.74 Å². The Hall–Kier alpha value is -2.05. The van der Waals surface area contributed by atoms with E-state index in [1.807, 2.05) is 19.9 Å². The first-order valence-corrected chi connectivity index (χ1v) is 8.74. The van der Waals surface area contributed by atoms with Crippen molar-refractivity contribution in [1.29, 1.82) is 0 Å². The molecule has 0 bridgehead atoms. The third-order valence-electron chi connectivity index (χ3n) is 3.61. The van der Waals surface area contributed by atoms with Crippen molar-refractivity contribution < 1.29 is 13.5 Å². The molecule has 0 aliphatic carbocycles. The van der Waals surface area contributed by atoms with Crippen LogP contribution in [-0.2, 0) is 6.42 Å². The Labute approximate surface area is 153 Å². The van der Waals surface area contributed by atoms with Gasteiger partial charge in [-0.05, 0) is 43.2 Å². The average Bonchev–Trinajstić information content (AvgIpc) is 2.86. The second-order valence-corrected chi connectivity index (χ2v) is 7.23. The molecule has 0 radical (unpaired) electrons. The summed E-state index contributed by atoms with van der Waals surface area (Å²) in [6.07, 6.45) is 2.19. The van der Waals surface area contributed by atoms with Gasteiger partial charge in [-0.25, -0.2) is 9.97 Å². The zero-order valence-corrected chi connectivity index (χ0v) is 15.2. The number of ether oxygens (including phenoxy) is 1. The summed E-state index contributed by atoms with van der Waals surface area (Å²) >= 11 is 7.65. The van der Waals surface area contributed by atoms with Crippen molar-refractivity contribution in [3.8, 4) is 17.0 Å². The first kappa shape index (κ1) is 17.8. The summed E-state index contributed by atoms with van der Waals surface area (Å²) < 4.78 is 30.0. The molecule has 25 heavy (non-hydrogen) atoms. The Bertz CT molecular complexity index is 899. The van der Waals surface area contributed by atoms with Crippen molar-refractivity contribution in [3.05, 3.63) is 62.7 Å². The van der Waals surface area contributed by atoms with Crippen molar-refractivity contribution in [2.24, 2.45) is 0 Å². The van der Waals surface area contributed by atoms with E-state index in [0.29, 0.717) is 22.6 Å². The van der Waals surface area contributed by atoms with Crippen LogP contribution in [0.15, 0.2) is 36.5 Å². The predicted molar refractivity (Wildman–Crippen MR) is 95.7 cm³/mol. The lowest BCUT2D eigenvalue weighted by atomic mass is 10.0. The maximum Gasteiger partial charge on any atom is 0.388 e. The number of benzene rings is 1. The standard InChI is InChI=1S/C18H15ClF2N2OS/c1-10-16(25-11(2)23-10)7-12-6-15(13-4-3-5-14(19)8-13)17(22-9-12)24-18(20)21/h3-6,8-9,18H,7H2,1-2H3. The SMILES string of the molecule is Cc1nc(C)c(Cc2cnc(OC(F)F)c(-c3cccc(Cl)c3)c2)s1. The van der Waals surface area contributed by atoms with Crippen LogP contribution in [0.4, 0.5) is 8.78 Å². The van der Waals surface area contributed by atoms with Gasteiger partial charge in [0.2, 0.25) is 5.88 Å². The van der Waals surface area contributed by atoms with Crippen LogP contribution in [0.1, 0.15) is 21.1 Å². The van der Waals surface area contributed by atoms with Gasteiger partial charge in [0.05, 0.1) is 10.7 Å². The lowest BCUT2D eigenvalue weighted by molar-refractivity contribution is -0.0524. The molecular formula is C18H15ClF2N2OS. The molecule has 7 heteroatoms. The van der Waals surface area contributed by atoms with Crippen molar-refractivity contribution in [2.75, 3.05) is 0 Å². The fraction of sp³-hybridized carbons (Fsp3) is 0.222. The minimum atomic E-state index is -2.94. The zero-order chi connectivity index (χ0) is 18.0. The van der Waals surface area contributed by atoms with Gasteiger partial charge in [-0.1, -0.05) is 23.7 Å². The number of nitrogens with zero attached hydrogens (tertiary/aromatic N) is 2. The third kappa shape index (κ3) is 4.32. The Kier molecular flexibility index (Phi) is 5.30. The van der Waals surface area contributed by atoms with Gasteiger partial charge < -0.3 is 4.74 Å². The molecule has 0 amide bonds. The number of thiazole rings is 1. The van der Waals surface area contributed by atoms with Crippen LogP contribution in [0.3, 0.4) is 0 Å². The highest BCUT2D eigenvalue weighted by atomic mass is 35.5. The quantitative estimate of drug-likeness (QED) is 0.572. The molecule has 130 valence electrons. The fourth-order valence-corrected chi connectivity index (χ4v) is 3.72. The Balaban J connectivity index is 2.01. The summed E-state index contributed by atoms with van der Waals surface area (Å²) in [5.74, 6) is -0.113. The minimum Gasteiger partial charge on any atom is -0.416 e. The lowest BCUT2D eigenvalue weighted by Gasteiger charge is -2.12. The number of rotatable bonds is 5. The molecule has 0 atom stereocenters. The summed E-state index contributed by atoms with van der Waals surface area (Å²) in [6, 6.07) is 8.77. The highest BCUT2D eigenvalue weighted by molar-refractivity contribution is 7.11. The molecule has 3 aromatic rings. The molecule has 0 saturated heterocycles.